The Kier molecular flexibility index (Phi) is 18.1. The van der Waals surface area contributed by atoms with E-state index in [1.807, 2.05) is 6.08 Å². The highest BCUT2D eigenvalue weighted by molar-refractivity contribution is 5.79. The molecule has 0 amide bonds. The smallest absolute Gasteiger partial charge is 0.307 e. The maximum Gasteiger partial charge on any atom is 0.307 e. The molecular formula is C29H52O4. The number of esters is 1. The first-order valence-electron chi connectivity index (χ1n) is 14.1. The van der Waals surface area contributed by atoms with Crippen LogP contribution in [-0.4, -0.2) is 23.1 Å². The number of carboxylic acid groups (broad SMARTS) is 1. The fraction of sp³-hybridized carbons (Fsp3) is 0.862. The minimum atomic E-state index is -0.908. The monoisotopic (exact) mass is 464 g/mol. The van der Waals surface area contributed by atoms with Gasteiger partial charge in [-0.15, -0.1) is 0 Å². The third-order valence-corrected chi connectivity index (χ3v) is 7.01. The lowest BCUT2D eigenvalue weighted by molar-refractivity contribution is -0.156. The van der Waals surface area contributed by atoms with Crippen molar-refractivity contribution < 1.29 is 19.4 Å². The molecule has 0 heterocycles. The van der Waals surface area contributed by atoms with Gasteiger partial charge >= 0.3 is 11.9 Å². The second kappa shape index (κ2) is 20.1. The molecule has 4 nitrogen and oxygen atoms in total. The quantitative estimate of drug-likeness (QED) is 0.111. The van der Waals surface area contributed by atoms with E-state index in [2.05, 4.69) is 19.9 Å². The van der Waals surface area contributed by atoms with Gasteiger partial charge in [0.15, 0.2) is 0 Å². The van der Waals surface area contributed by atoms with Crippen LogP contribution >= 0.6 is 0 Å². The van der Waals surface area contributed by atoms with Crippen LogP contribution in [0.15, 0.2) is 12.2 Å². The molecule has 4 heteroatoms. The molecule has 192 valence electrons. The predicted molar refractivity (Wildman–Crippen MR) is 137 cm³/mol. The summed E-state index contributed by atoms with van der Waals surface area (Å²) in [6, 6.07) is 0. The zero-order valence-corrected chi connectivity index (χ0v) is 21.7. The van der Waals surface area contributed by atoms with Crippen LogP contribution in [0.4, 0.5) is 0 Å². The van der Waals surface area contributed by atoms with Gasteiger partial charge in [-0.3, -0.25) is 9.59 Å². The molecule has 0 bridgehead atoms. The number of hydrogen-bond donors (Lipinski definition) is 1. The van der Waals surface area contributed by atoms with Crippen LogP contribution in [0.1, 0.15) is 142 Å². The summed E-state index contributed by atoms with van der Waals surface area (Å²) in [4.78, 5) is 23.7. The highest BCUT2D eigenvalue weighted by atomic mass is 16.5. The lowest BCUT2D eigenvalue weighted by Gasteiger charge is -2.26. The molecule has 3 unspecified atom stereocenters. The van der Waals surface area contributed by atoms with Crippen LogP contribution < -0.4 is 0 Å². The number of aliphatic carboxylic acids is 1. The van der Waals surface area contributed by atoms with Gasteiger partial charge in [-0.2, -0.15) is 0 Å². The van der Waals surface area contributed by atoms with Gasteiger partial charge < -0.3 is 9.84 Å². The van der Waals surface area contributed by atoms with Gasteiger partial charge in [0.05, 0.1) is 12.3 Å². The Hall–Kier alpha value is -1.32. The third-order valence-electron chi connectivity index (χ3n) is 7.01. The Balaban J connectivity index is 2.01. The molecule has 1 N–H and O–H groups in total. The summed E-state index contributed by atoms with van der Waals surface area (Å²) >= 11 is 0. The van der Waals surface area contributed by atoms with E-state index in [9.17, 15) is 14.7 Å². The van der Waals surface area contributed by atoms with Gasteiger partial charge in [0, 0.05) is 0 Å². The normalized spacial score (nSPS) is 19.6. The van der Waals surface area contributed by atoms with Crippen molar-refractivity contribution in [1.82, 2.24) is 0 Å². The maximum absolute atomic E-state index is 12.2. The molecule has 1 aliphatic rings. The molecule has 1 rings (SSSR count). The van der Waals surface area contributed by atoms with Crippen molar-refractivity contribution in [3.63, 3.8) is 0 Å². The molecule has 3 atom stereocenters. The number of carbonyl (C=O) groups is 2. The molecule has 0 aliphatic heterocycles. The van der Waals surface area contributed by atoms with Gasteiger partial charge in [0.1, 0.15) is 6.10 Å². The summed E-state index contributed by atoms with van der Waals surface area (Å²) in [5.41, 5.74) is 0. The molecule has 0 aromatic heterocycles. The highest BCUT2D eigenvalue weighted by Gasteiger charge is 2.25. The van der Waals surface area contributed by atoms with Gasteiger partial charge in [-0.05, 0) is 44.4 Å². The van der Waals surface area contributed by atoms with E-state index in [-0.39, 0.29) is 18.5 Å². The minimum absolute atomic E-state index is 0.0245. The van der Waals surface area contributed by atoms with Crippen molar-refractivity contribution in [1.29, 1.82) is 0 Å². The Morgan fingerprint density at radius 1 is 0.879 bits per heavy atom. The van der Waals surface area contributed by atoms with Crippen molar-refractivity contribution in [3.05, 3.63) is 12.2 Å². The second-order valence-electron chi connectivity index (χ2n) is 10.4. The first kappa shape index (κ1) is 29.7. The van der Waals surface area contributed by atoms with Crippen molar-refractivity contribution in [2.45, 2.75) is 148 Å². The summed E-state index contributed by atoms with van der Waals surface area (Å²) in [6.07, 6.45) is 27.0. The Morgan fingerprint density at radius 2 is 1.45 bits per heavy atom. The summed E-state index contributed by atoms with van der Waals surface area (Å²) < 4.78 is 5.55. The second-order valence-corrected chi connectivity index (χ2v) is 10.4. The van der Waals surface area contributed by atoms with Crippen molar-refractivity contribution in [2.75, 3.05) is 0 Å². The Morgan fingerprint density at radius 3 is 2.00 bits per heavy atom. The summed E-state index contributed by atoms with van der Waals surface area (Å²) in [7, 11) is 0. The average molecular weight is 465 g/mol. The molecule has 0 saturated heterocycles. The van der Waals surface area contributed by atoms with Crippen LogP contribution in [0.2, 0.25) is 0 Å². The van der Waals surface area contributed by atoms with Crippen LogP contribution in [0.3, 0.4) is 0 Å². The number of rotatable bonds is 20. The number of carbonyl (C=O) groups excluding carboxylic acids is 1. The van der Waals surface area contributed by atoms with E-state index in [0.29, 0.717) is 12.3 Å². The van der Waals surface area contributed by atoms with Crippen molar-refractivity contribution in [2.24, 2.45) is 11.8 Å². The molecule has 0 aromatic rings. The van der Waals surface area contributed by atoms with Gasteiger partial charge in [0.2, 0.25) is 0 Å². The Bertz CT molecular complexity index is 528. The topological polar surface area (TPSA) is 63.6 Å². The Labute approximate surface area is 203 Å². The largest absolute Gasteiger partial charge is 0.481 e. The first-order valence-corrected chi connectivity index (χ1v) is 14.1. The number of unbranched alkanes of at least 4 members (excludes halogenated alkanes) is 13. The van der Waals surface area contributed by atoms with E-state index in [0.717, 1.165) is 32.1 Å². The molecule has 0 spiro atoms. The standard InChI is InChI=1S/C29H52O4/c1-3-4-5-6-7-8-9-10-11-12-13-14-15-16-17-18-21-26(29(31)32)24-28(30)33-27-22-19-20-25(2)23-27/h17-18,25-27H,3-16,19-24H2,1-2H3,(H,31,32)/b18-17+. The lowest BCUT2D eigenvalue weighted by Crippen LogP contribution is -2.27. The van der Waals surface area contributed by atoms with Gasteiger partial charge in [0.25, 0.3) is 0 Å². The zero-order valence-electron chi connectivity index (χ0n) is 21.7. The number of hydrogen-bond acceptors (Lipinski definition) is 3. The highest BCUT2D eigenvalue weighted by Crippen LogP contribution is 2.26. The minimum Gasteiger partial charge on any atom is -0.481 e. The molecule has 1 fully saturated rings. The third kappa shape index (κ3) is 16.9. The molecule has 0 aromatic carbocycles. The predicted octanol–water partition coefficient (Wildman–Crippen LogP) is 8.63. The molecule has 0 radical (unpaired) electrons. The van der Waals surface area contributed by atoms with E-state index in [4.69, 9.17) is 4.74 Å². The SMILES string of the molecule is CCCCCCCCCCCCCCC/C=C/CC(CC(=O)OC1CCCC(C)C1)C(=O)O. The van der Waals surface area contributed by atoms with Crippen molar-refractivity contribution in [3.8, 4) is 0 Å². The van der Waals surface area contributed by atoms with E-state index in [1.165, 1.54) is 83.5 Å². The van der Waals surface area contributed by atoms with Crippen molar-refractivity contribution >= 4 is 11.9 Å². The first-order chi connectivity index (χ1) is 16.0. The summed E-state index contributed by atoms with van der Waals surface area (Å²) in [5.74, 6) is -1.36. The van der Waals surface area contributed by atoms with Crippen LogP contribution in [0.25, 0.3) is 0 Å². The van der Waals surface area contributed by atoms with E-state index < -0.39 is 11.9 Å². The van der Waals surface area contributed by atoms with Gasteiger partial charge in [-0.1, -0.05) is 109 Å². The summed E-state index contributed by atoms with van der Waals surface area (Å²) in [6.45, 7) is 4.45. The molecule has 1 aliphatic carbocycles. The fourth-order valence-corrected chi connectivity index (χ4v) is 4.85. The van der Waals surface area contributed by atoms with Crippen LogP contribution in [0.5, 0.6) is 0 Å². The zero-order chi connectivity index (χ0) is 24.2. The number of allylic oxidation sites excluding steroid dienone is 2. The van der Waals surface area contributed by atoms with E-state index in [1.54, 1.807) is 0 Å². The summed E-state index contributed by atoms with van der Waals surface area (Å²) in [5, 5.41) is 9.45. The lowest BCUT2D eigenvalue weighted by atomic mass is 9.88. The van der Waals surface area contributed by atoms with E-state index >= 15 is 0 Å². The van der Waals surface area contributed by atoms with Gasteiger partial charge in [-0.25, -0.2) is 0 Å². The maximum atomic E-state index is 12.2. The molecular weight excluding hydrogens is 412 g/mol. The average Bonchev–Trinajstić information content (AvgIpc) is 2.77. The number of carboxylic acids is 1. The fourth-order valence-electron chi connectivity index (χ4n) is 4.85. The molecule has 33 heavy (non-hydrogen) atoms. The molecule has 1 saturated carbocycles. The van der Waals surface area contributed by atoms with Crippen LogP contribution in [-0.2, 0) is 14.3 Å². The number of ether oxygens (including phenoxy) is 1. The van der Waals surface area contributed by atoms with Crippen LogP contribution in [0, 0.1) is 11.8 Å².